The number of piperidine rings is 1. The summed E-state index contributed by atoms with van der Waals surface area (Å²) in [6, 6.07) is 5.88. The number of nitrogens with zero attached hydrogens (tertiary/aromatic N) is 5. The number of fused-ring (bicyclic) bond motifs is 1. The molecule has 7 nitrogen and oxygen atoms in total. The third kappa shape index (κ3) is 2.46. The Hall–Kier alpha value is -2.54. The average Bonchev–Trinajstić information content (AvgIpc) is 2.85. The highest BCUT2D eigenvalue weighted by Crippen LogP contribution is 2.36. The third-order valence-corrected chi connectivity index (χ3v) is 5.71. The van der Waals surface area contributed by atoms with Gasteiger partial charge in [-0.3, -0.25) is 24.6 Å². The van der Waals surface area contributed by atoms with Crippen LogP contribution in [0.2, 0.25) is 0 Å². The van der Waals surface area contributed by atoms with Gasteiger partial charge in [-0.05, 0) is 31.4 Å². The topological polar surface area (TPSA) is 69.6 Å². The average molecular weight is 353 g/mol. The summed E-state index contributed by atoms with van der Waals surface area (Å²) in [5.74, 6) is -0.0555. The van der Waals surface area contributed by atoms with Crippen LogP contribution < -0.4 is 0 Å². The predicted molar refractivity (Wildman–Crippen MR) is 97.3 cm³/mol. The molecule has 3 heterocycles. The minimum absolute atomic E-state index is 0.0555. The van der Waals surface area contributed by atoms with E-state index in [2.05, 4.69) is 20.9 Å². The minimum Gasteiger partial charge on any atom is -0.310 e. The first-order valence-electron chi connectivity index (χ1n) is 9.07. The molecule has 0 atom stereocenters. The number of aromatic nitrogens is 2. The quantitative estimate of drug-likeness (QED) is 0.788. The van der Waals surface area contributed by atoms with E-state index in [-0.39, 0.29) is 11.9 Å². The summed E-state index contributed by atoms with van der Waals surface area (Å²) in [6.07, 6.45) is 4.77. The Labute approximate surface area is 152 Å². The van der Waals surface area contributed by atoms with Gasteiger partial charge in [0.05, 0.1) is 11.0 Å². The van der Waals surface area contributed by atoms with Crippen LogP contribution >= 0.6 is 0 Å². The second-order valence-corrected chi connectivity index (χ2v) is 7.04. The zero-order chi connectivity index (χ0) is 18.3. The van der Waals surface area contributed by atoms with Gasteiger partial charge in [0, 0.05) is 45.6 Å². The molecule has 0 aliphatic carbocycles. The van der Waals surface area contributed by atoms with Gasteiger partial charge in [-0.1, -0.05) is 12.1 Å². The molecule has 0 radical (unpaired) electrons. The van der Waals surface area contributed by atoms with Crippen LogP contribution in [0.15, 0.2) is 30.6 Å². The number of likely N-dealkylation sites (N-methyl/N-ethyl adjacent to an activating group) is 2. The maximum absolute atomic E-state index is 12.7. The number of carbonyl (C=O) groups excluding carboxylic acids is 2. The zero-order valence-corrected chi connectivity index (χ0v) is 15.2. The largest absolute Gasteiger partial charge is 0.327 e. The van der Waals surface area contributed by atoms with Crippen LogP contribution in [0.4, 0.5) is 4.79 Å². The predicted octanol–water partition coefficient (Wildman–Crippen LogP) is 1.88. The summed E-state index contributed by atoms with van der Waals surface area (Å²) in [4.78, 5) is 39.3. The molecule has 2 saturated heterocycles. The molecule has 1 aromatic heterocycles. The Balaban J connectivity index is 1.52. The number of rotatable bonds is 3. The Bertz CT molecular complexity index is 855. The molecule has 0 bridgehead atoms. The highest BCUT2D eigenvalue weighted by molar-refractivity contribution is 6.06. The van der Waals surface area contributed by atoms with Gasteiger partial charge in [0.25, 0.3) is 5.91 Å². The zero-order valence-electron chi connectivity index (χ0n) is 15.2. The van der Waals surface area contributed by atoms with Gasteiger partial charge in [-0.15, -0.1) is 0 Å². The molecule has 1 aromatic carbocycles. The number of benzene rings is 1. The first-order chi connectivity index (χ1) is 12.6. The van der Waals surface area contributed by atoms with Gasteiger partial charge in [-0.2, -0.15) is 0 Å². The van der Waals surface area contributed by atoms with Crippen LogP contribution in [-0.2, 0) is 11.3 Å². The number of likely N-dealkylation sites (tertiary alicyclic amines) is 1. The number of amides is 3. The summed E-state index contributed by atoms with van der Waals surface area (Å²) in [7, 11) is 1.59. The van der Waals surface area contributed by atoms with Crippen LogP contribution in [-0.4, -0.2) is 68.8 Å². The van der Waals surface area contributed by atoms with E-state index in [1.54, 1.807) is 24.3 Å². The van der Waals surface area contributed by atoms with E-state index in [9.17, 15) is 9.59 Å². The van der Waals surface area contributed by atoms with E-state index < -0.39 is 5.54 Å². The second-order valence-electron chi connectivity index (χ2n) is 7.04. The number of imide groups is 1. The molecule has 0 saturated carbocycles. The maximum atomic E-state index is 12.7. The van der Waals surface area contributed by atoms with Crippen molar-refractivity contribution in [1.29, 1.82) is 0 Å². The normalized spacial score (nSPS) is 20.5. The molecule has 2 aromatic rings. The van der Waals surface area contributed by atoms with Crippen LogP contribution in [0.1, 0.15) is 25.3 Å². The molecule has 7 heteroatoms. The molecule has 3 amide bonds. The lowest BCUT2D eigenvalue weighted by Gasteiger charge is -2.42. The lowest BCUT2D eigenvalue weighted by atomic mass is 9.85. The smallest absolute Gasteiger partial charge is 0.310 e. The van der Waals surface area contributed by atoms with Gasteiger partial charge in [0.2, 0.25) is 0 Å². The summed E-state index contributed by atoms with van der Waals surface area (Å²) in [5, 5.41) is 0. The first kappa shape index (κ1) is 16.9. The van der Waals surface area contributed by atoms with Crippen molar-refractivity contribution in [3.63, 3.8) is 0 Å². The maximum Gasteiger partial charge on any atom is 0.327 e. The molecular formula is C19H23N5O2. The van der Waals surface area contributed by atoms with E-state index in [4.69, 9.17) is 0 Å². The Morgan fingerprint density at radius 1 is 1.12 bits per heavy atom. The standard InChI is InChI=1S/C19H23N5O2/c1-3-24-18(26)22(2)17(25)19(24)7-11-23(12-8-19)13-14-5-4-6-15-16(14)21-10-9-20-15/h4-6,9-10H,3,7-8,11-13H2,1-2H3. The highest BCUT2D eigenvalue weighted by atomic mass is 16.2. The van der Waals surface area contributed by atoms with Crippen molar-refractivity contribution >= 4 is 23.0 Å². The SMILES string of the molecule is CCN1C(=O)N(C)C(=O)C12CCN(Cc1cccc3nccnc13)CC2. The van der Waals surface area contributed by atoms with Gasteiger partial charge < -0.3 is 4.90 Å². The summed E-state index contributed by atoms with van der Waals surface area (Å²) in [6.45, 7) is 4.83. The summed E-state index contributed by atoms with van der Waals surface area (Å²) >= 11 is 0. The van der Waals surface area contributed by atoms with Crippen molar-refractivity contribution in [1.82, 2.24) is 24.7 Å². The monoisotopic (exact) mass is 353 g/mol. The molecule has 136 valence electrons. The summed E-state index contributed by atoms with van der Waals surface area (Å²) in [5.41, 5.74) is 2.31. The fourth-order valence-corrected chi connectivity index (χ4v) is 4.30. The van der Waals surface area contributed by atoms with Crippen molar-refractivity contribution in [3.8, 4) is 0 Å². The van der Waals surface area contributed by atoms with Crippen molar-refractivity contribution in [2.75, 3.05) is 26.7 Å². The third-order valence-electron chi connectivity index (χ3n) is 5.71. The number of hydrogen-bond acceptors (Lipinski definition) is 5. The number of para-hydroxylation sites is 1. The van der Waals surface area contributed by atoms with E-state index in [1.807, 2.05) is 19.1 Å². The fourth-order valence-electron chi connectivity index (χ4n) is 4.30. The molecule has 2 aliphatic rings. The number of hydrogen-bond donors (Lipinski definition) is 0. The fraction of sp³-hybridized carbons (Fsp3) is 0.474. The molecule has 1 spiro atoms. The van der Waals surface area contributed by atoms with Crippen molar-refractivity contribution < 1.29 is 9.59 Å². The van der Waals surface area contributed by atoms with E-state index in [0.717, 1.165) is 36.2 Å². The molecule has 0 N–H and O–H groups in total. The number of urea groups is 1. The molecular weight excluding hydrogens is 330 g/mol. The van der Waals surface area contributed by atoms with E-state index in [0.29, 0.717) is 19.4 Å². The summed E-state index contributed by atoms with van der Waals surface area (Å²) < 4.78 is 0. The van der Waals surface area contributed by atoms with E-state index in [1.165, 1.54) is 4.90 Å². The lowest BCUT2D eigenvalue weighted by Crippen LogP contribution is -2.56. The second kappa shape index (κ2) is 6.32. The lowest BCUT2D eigenvalue weighted by molar-refractivity contribution is -0.134. The van der Waals surface area contributed by atoms with Crippen LogP contribution in [0.3, 0.4) is 0 Å². The molecule has 0 unspecified atom stereocenters. The van der Waals surface area contributed by atoms with Crippen molar-refractivity contribution in [2.24, 2.45) is 0 Å². The Kier molecular flexibility index (Phi) is 4.11. The number of carbonyl (C=O) groups is 2. The van der Waals surface area contributed by atoms with Crippen LogP contribution in [0, 0.1) is 0 Å². The van der Waals surface area contributed by atoms with Gasteiger partial charge >= 0.3 is 6.03 Å². The minimum atomic E-state index is -0.657. The Morgan fingerprint density at radius 2 is 1.85 bits per heavy atom. The van der Waals surface area contributed by atoms with Crippen molar-refractivity contribution in [3.05, 3.63) is 36.2 Å². The van der Waals surface area contributed by atoms with Gasteiger partial charge in [0.15, 0.2) is 0 Å². The molecule has 4 rings (SSSR count). The van der Waals surface area contributed by atoms with E-state index >= 15 is 0 Å². The highest BCUT2D eigenvalue weighted by Gasteiger charge is 2.56. The van der Waals surface area contributed by atoms with Crippen LogP contribution in [0.5, 0.6) is 0 Å². The molecule has 2 fully saturated rings. The molecule has 2 aliphatic heterocycles. The van der Waals surface area contributed by atoms with Gasteiger partial charge in [0.1, 0.15) is 5.54 Å². The molecule has 26 heavy (non-hydrogen) atoms. The first-order valence-corrected chi connectivity index (χ1v) is 9.07. The van der Waals surface area contributed by atoms with Crippen molar-refractivity contribution in [2.45, 2.75) is 31.8 Å². The Morgan fingerprint density at radius 3 is 2.58 bits per heavy atom. The van der Waals surface area contributed by atoms with Crippen LogP contribution in [0.25, 0.3) is 11.0 Å². The van der Waals surface area contributed by atoms with Gasteiger partial charge in [-0.25, -0.2) is 4.79 Å².